The molecule has 1 saturated heterocycles. The molecule has 0 aromatic heterocycles. The van der Waals surface area contributed by atoms with Crippen LogP contribution in [0.5, 0.6) is 0 Å². The molecule has 0 spiro atoms. The van der Waals surface area contributed by atoms with Gasteiger partial charge in [-0.15, -0.1) is 0 Å². The number of amides is 1. The molecule has 2 N–H and O–H groups in total. The highest BCUT2D eigenvalue weighted by Crippen LogP contribution is 2.23. The van der Waals surface area contributed by atoms with Crippen molar-refractivity contribution >= 4 is 11.9 Å². The summed E-state index contributed by atoms with van der Waals surface area (Å²) in [6, 6.07) is -0.518. The standard InChI is InChI=1S/C13H24N2O3/c1-3-4-7-14-11(16)9-15-8-5-6-10(2)12(15)13(17)18/h10,12H,3-9H2,1-2H3,(H,14,16)(H,17,18). The Morgan fingerprint density at radius 2 is 2.17 bits per heavy atom. The van der Waals surface area contributed by atoms with Crippen molar-refractivity contribution in [1.82, 2.24) is 10.2 Å². The third-order valence-corrected chi connectivity index (χ3v) is 3.49. The molecule has 1 aliphatic rings. The number of aliphatic carboxylic acids is 1. The third-order valence-electron chi connectivity index (χ3n) is 3.49. The van der Waals surface area contributed by atoms with Gasteiger partial charge in [0.1, 0.15) is 6.04 Å². The van der Waals surface area contributed by atoms with Crippen LogP contribution in [0.4, 0.5) is 0 Å². The van der Waals surface area contributed by atoms with Crippen LogP contribution in [-0.2, 0) is 9.59 Å². The maximum Gasteiger partial charge on any atom is 0.321 e. The van der Waals surface area contributed by atoms with E-state index in [1.54, 1.807) is 4.90 Å². The van der Waals surface area contributed by atoms with Crippen molar-refractivity contribution in [2.24, 2.45) is 5.92 Å². The summed E-state index contributed by atoms with van der Waals surface area (Å²) in [5, 5.41) is 12.1. The summed E-state index contributed by atoms with van der Waals surface area (Å²) in [7, 11) is 0. The minimum Gasteiger partial charge on any atom is -0.480 e. The van der Waals surface area contributed by atoms with Gasteiger partial charge in [0, 0.05) is 6.54 Å². The van der Waals surface area contributed by atoms with Crippen LogP contribution in [-0.4, -0.2) is 47.6 Å². The van der Waals surface area contributed by atoms with Crippen LogP contribution >= 0.6 is 0 Å². The first-order valence-electron chi connectivity index (χ1n) is 6.79. The number of carbonyl (C=O) groups excluding carboxylic acids is 1. The molecule has 0 saturated carbocycles. The number of carboxylic acids is 1. The molecule has 1 fully saturated rings. The lowest BCUT2D eigenvalue weighted by Gasteiger charge is -2.36. The minimum absolute atomic E-state index is 0.0659. The van der Waals surface area contributed by atoms with Gasteiger partial charge in [-0.3, -0.25) is 14.5 Å². The zero-order valence-electron chi connectivity index (χ0n) is 11.3. The molecule has 0 aromatic carbocycles. The maximum atomic E-state index is 11.7. The Morgan fingerprint density at radius 3 is 2.78 bits per heavy atom. The summed E-state index contributed by atoms with van der Waals surface area (Å²) in [5.74, 6) is -0.771. The van der Waals surface area contributed by atoms with E-state index in [9.17, 15) is 14.7 Å². The van der Waals surface area contributed by atoms with E-state index in [4.69, 9.17) is 0 Å². The molecule has 1 rings (SSSR count). The molecular formula is C13H24N2O3. The van der Waals surface area contributed by atoms with Crippen molar-refractivity contribution < 1.29 is 14.7 Å². The first-order chi connectivity index (χ1) is 8.56. The van der Waals surface area contributed by atoms with E-state index in [0.717, 1.165) is 25.7 Å². The van der Waals surface area contributed by atoms with E-state index < -0.39 is 12.0 Å². The first-order valence-corrected chi connectivity index (χ1v) is 6.79. The summed E-state index contributed by atoms with van der Waals surface area (Å²) < 4.78 is 0. The van der Waals surface area contributed by atoms with E-state index in [2.05, 4.69) is 12.2 Å². The van der Waals surface area contributed by atoms with Gasteiger partial charge in [0.15, 0.2) is 0 Å². The highest BCUT2D eigenvalue weighted by Gasteiger charge is 2.34. The zero-order chi connectivity index (χ0) is 13.5. The van der Waals surface area contributed by atoms with Crippen LogP contribution in [0, 0.1) is 5.92 Å². The van der Waals surface area contributed by atoms with Gasteiger partial charge in [0.25, 0.3) is 0 Å². The fourth-order valence-electron chi connectivity index (χ4n) is 2.50. The molecule has 0 bridgehead atoms. The van der Waals surface area contributed by atoms with Gasteiger partial charge in [0.05, 0.1) is 6.54 Å². The predicted octanol–water partition coefficient (Wildman–Crippen LogP) is 1.09. The fourth-order valence-corrected chi connectivity index (χ4v) is 2.50. The lowest BCUT2D eigenvalue weighted by molar-refractivity contribution is -0.147. The minimum atomic E-state index is -0.816. The van der Waals surface area contributed by atoms with Crippen LogP contribution in [0.15, 0.2) is 0 Å². The van der Waals surface area contributed by atoms with Crippen LogP contribution < -0.4 is 5.32 Å². The summed E-state index contributed by atoms with van der Waals surface area (Å²) >= 11 is 0. The van der Waals surface area contributed by atoms with Gasteiger partial charge in [-0.05, 0) is 31.7 Å². The summed E-state index contributed by atoms with van der Waals surface area (Å²) in [6.07, 6.45) is 3.89. The number of likely N-dealkylation sites (tertiary alicyclic amines) is 1. The summed E-state index contributed by atoms with van der Waals surface area (Å²) in [6.45, 7) is 5.59. The molecule has 2 unspecified atom stereocenters. The van der Waals surface area contributed by atoms with Gasteiger partial charge in [0.2, 0.25) is 5.91 Å². The average Bonchev–Trinajstić information content (AvgIpc) is 2.28. The molecule has 18 heavy (non-hydrogen) atoms. The van der Waals surface area contributed by atoms with E-state index in [1.165, 1.54) is 0 Å². The topological polar surface area (TPSA) is 69.6 Å². The van der Waals surface area contributed by atoms with Crippen molar-refractivity contribution in [3.8, 4) is 0 Å². The van der Waals surface area contributed by atoms with Crippen LogP contribution in [0.2, 0.25) is 0 Å². The first kappa shape index (κ1) is 15.0. The van der Waals surface area contributed by atoms with Crippen molar-refractivity contribution in [2.75, 3.05) is 19.6 Å². The molecule has 1 aliphatic heterocycles. The number of unbranched alkanes of at least 4 members (excludes halogenated alkanes) is 1. The molecule has 5 nitrogen and oxygen atoms in total. The smallest absolute Gasteiger partial charge is 0.321 e. The highest BCUT2D eigenvalue weighted by molar-refractivity contribution is 5.80. The van der Waals surface area contributed by atoms with Gasteiger partial charge in [-0.1, -0.05) is 20.3 Å². The SMILES string of the molecule is CCCCNC(=O)CN1CCCC(C)C1C(=O)O. The highest BCUT2D eigenvalue weighted by atomic mass is 16.4. The quantitative estimate of drug-likeness (QED) is 0.698. The normalized spacial score (nSPS) is 24.8. The fraction of sp³-hybridized carbons (Fsp3) is 0.846. The third kappa shape index (κ3) is 4.29. The van der Waals surface area contributed by atoms with Crippen LogP contribution in [0.1, 0.15) is 39.5 Å². The van der Waals surface area contributed by atoms with E-state index >= 15 is 0 Å². The second-order valence-electron chi connectivity index (χ2n) is 5.08. The van der Waals surface area contributed by atoms with Gasteiger partial charge in [-0.25, -0.2) is 0 Å². The molecule has 2 atom stereocenters. The number of hydrogen-bond acceptors (Lipinski definition) is 3. The van der Waals surface area contributed by atoms with Crippen molar-refractivity contribution in [1.29, 1.82) is 0 Å². The second kappa shape index (κ2) is 7.36. The lowest BCUT2D eigenvalue weighted by Crippen LogP contribution is -2.52. The monoisotopic (exact) mass is 256 g/mol. The van der Waals surface area contributed by atoms with Crippen molar-refractivity contribution in [2.45, 2.75) is 45.6 Å². The average molecular weight is 256 g/mol. The molecule has 1 amide bonds. The summed E-state index contributed by atoms with van der Waals surface area (Å²) in [4.78, 5) is 24.7. The van der Waals surface area contributed by atoms with Gasteiger partial charge >= 0.3 is 5.97 Å². The van der Waals surface area contributed by atoms with Crippen molar-refractivity contribution in [3.63, 3.8) is 0 Å². The number of rotatable bonds is 6. The molecule has 0 aliphatic carbocycles. The number of carboxylic acid groups (broad SMARTS) is 1. The Bertz CT molecular complexity index is 294. The largest absolute Gasteiger partial charge is 0.480 e. The Balaban J connectivity index is 2.47. The van der Waals surface area contributed by atoms with Gasteiger partial charge in [-0.2, -0.15) is 0 Å². The molecular weight excluding hydrogens is 232 g/mol. The number of carbonyl (C=O) groups is 2. The number of nitrogens with one attached hydrogen (secondary N) is 1. The van der Waals surface area contributed by atoms with Crippen LogP contribution in [0.25, 0.3) is 0 Å². The second-order valence-corrected chi connectivity index (χ2v) is 5.08. The predicted molar refractivity (Wildman–Crippen MR) is 69.3 cm³/mol. The van der Waals surface area contributed by atoms with Gasteiger partial charge < -0.3 is 10.4 Å². The Hall–Kier alpha value is -1.10. The summed E-state index contributed by atoms with van der Waals surface area (Å²) in [5.41, 5.74) is 0. The lowest BCUT2D eigenvalue weighted by atomic mass is 9.91. The molecule has 5 heteroatoms. The molecule has 104 valence electrons. The number of hydrogen-bond donors (Lipinski definition) is 2. The van der Waals surface area contributed by atoms with E-state index in [-0.39, 0.29) is 18.4 Å². The molecule has 0 radical (unpaired) electrons. The Labute approximate surface area is 109 Å². The molecule has 1 heterocycles. The van der Waals surface area contributed by atoms with E-state index in [0.29, 0.717) is 13.1 Å². The number of piperidine rings is 1. The Morgan fingerprint density at radius 1 is 1.44 bits per heavy atom. The molecule has 0 aromatic rings. The maximum absolute atomic E-state index is 11.7. The van der Waals surface area contributed by atoms with Crippen LogP contribution in [0.3, 0.4) is 0 Å². The number of nitrogens with zero attached hydrogens (tertiary/aromatic N) is 1. The zero-order valence-corrected chi connectivity index (χ0v) is 11.3. The van der Waals surface area contributed by atoms with E-state index in [1.807, 2.05) is 6.92 Å². The van der Waals surface area contributed by atoms with Crippen molar-refractivity contribution in [3.05, 3.63) is 0 Å². The Kier molecular flexibility index (Phi) is 6.12.